The molecule has 0 aromatic heterocycles. The minimum absolute atomic E-state index is 0.228. The van der Waals surface area contributed by atoms with Crippen molar-refractivity contribution in [1.29, 1.82) is 0 Å². The Labute approximate surface area is 73.2 Å². The van der Waals surface area contributed by atoms with Crippen LogP contribution < -0.4 is 5.32 Å². The van der Waals surface area contributed by atoms with Crippen molar-refractivity contribution in [2.45, 2.75) is 19.4 Å². The Bertz CT molecular complexity index is 127. The van der Waals surface area contributed by atoms with Gasteiger partial charge in [0.1, 0.15) is 6.04 Å². The van der Waals surface area contributed by atoms with Gasteiger partial charge in [0.05, 0.1) is 7.11 Å². The Morgan fingerprint density at radius 2 is 2.17 bits per heavy atom. The Balaban J connectivity index is 3.76. The van der Waals surface area contributed by atoms with Gasteiger partial charge in [-0.05, 0) is 13.0 Å². The first-order valence-electron chi connectivity index (χ1n) is 4.06. The molecule has 1 unspecified atom stereocenters. The fourth-order valence-electron chi connectivity index (χ4n) is 0.928. The van der Waals surface area contributed by atoms with Gasteiger partial charge in [-0.15, -0.1) is 0 Å². The van der Waals surface area contributed by atoms with Gasteiger partial charge in [-0.1, -0.05) is 6.92 Å². The summed E-state index contributed by atoms with van der Waals surface area (Å²) in [6.07, 6.45) is 0.650. The van der Waals surface area contributed by atoms with Crippen LogP contribution in [0.15, 0.2) is 0 Å². The van der Waals surface area contributed by atoms with Crippen LogP contribution in [0.4, 0.5) is 0 Å². The Morgan fingerprint density at radius 1 is 1.50 bits per heavy atom. The van der Waals surface area contributed by atoms with Crippen LogP contribution >= 0.6 is 0 Å². The van der Waals surface area contributed by atoms with Gasteiger partial charge >= 0.3 is 5.97 Å². The molecule has 1 N–H and O–H groups in total. The third-order valence-electron chi connectivity index (χ3n) is 1.55. The maximum atomic E-state index is 11.1. The summed E-state index contributed by atoms with van der Waals surface area (Å²) in [5, 5.41) is 3.01. The molecule has 4 nitrogen and oxygen atoms in total. The predicted molar refractivity (Wildman–Crippen MR) is 46.0 cm³/mol. The molecule has 0 aromatic carbocycles. The standard InChI is InChI=1S/C8H17NO3/c1-4-9-7(5-6-11-2)8(10)12-3/h7,9H,4-6H2,1-3H3. The van der Waals surface area contributed by atoms with Gasteiger partial charge in [0.15, 0.2) is 0 Å². The first-order chi connectivity index (χ1) is 5.76. The van der Waals surface area contributed by atoms with Gasteiger partial charge in [-0.25, -0.2) is 0 Å². The van der Waals surface area contributed by atoms with Gasteiger partial charge in [-0.3, -0.25) is 4.79 Å². The van der Waals surface area contributed by atoms with Crippen molar-refractivity contribution in [2.24, 2.45) is 0 Å². The van der Waals surface area contributed by atoms with E-state index >= 15 is 0 Å². The van der Waals surface area contributed by atoms with E-state index in [0.717, 1.165) is 6.54 Å². The second kappa shape index (κ2) is 7.06. The van der Waals surface area contributed by atoms with Gasteiger partial charge in [0.2, 0.25) is 0 Å². The molecule has 0 amide bonds. The van der Waals surface area contributed by atoms with Crippen molar-refractivity contribution in [2.75, 3.05) is 27.4 Å². The summed E-state index contributed by atoms with van der Waals surface area (Å²) in [6, 6.07) is -0.236. The molecule has 0 aliphatic rings. The monoisotopic (exact) mass is 175 g/mol. The highest BCUT2D eigenvalue weighted by atomic mass is 16.5. The Hall–Kier alpha value is -0.610. The number of methoxy groups -OCH3 is 2. The minimum Gasteiger partial charge on any atom is -0.468 e. The predicted octanol–water partition coefficient (Wildman–Crippen LogP) is 0.174. The number of ether oxygens (including phenoxy) is 2. The zero-order chi connectivity index (χ0) is 9.40. The van der Waals surface area contributed by atoms with Crippen molar-refractivity contribution >= 4 is 5.97 Å². The van der Waals surface area contributed by atoms with Gasteiger partial charge in [-0.2, -0.15) is 0 Å². The van der Waals surface area contributed by atoms with E-state index in [0.29, 0.717) is 13.0 Å². The number of hydrogen-bond donors (Lipinski definition) is 1. The fourth-order valence-corrected chi connectivity index (χ4v) is 0.928. The van der Waals surface area contributed by atoms with Crippen LogP contribution in [-0.4, -0.2) is 39.4 Å². The van der Waals surface area contributed by atoms with Crippen molar-refractivity contribution < 1.29 is 14.3 Å². The first-order valence-corrected chi connectivity index (χ1v) is 4.06. The van der Waals surface area contributed by atoms with E-state index in [9.17, 15) is 4.79 Å². The summed E-state index contributed by atoms with van der Waals surface area (Å²) in [4.78, 5) is 11.1. The van der Waals surface area contributed by atoms with E-state index in [1.54, 1.807) is 7.11 Å². The molecule has 72 valence electrons. The number of rotatable bonds is 6. The molecule has 0 bridgehead atoms. The lowest BCUT2D eigenvalue weighted by atomic mass is 10.2. The molecular weight excluding hydrogens is 158 g/mol. The summed E-state index contributed by atoms with van der Waals surface area (Å²) < 4.78 is 9.47. The summed E-state index contributed by atoms with van der Waals surface area (Å²) in [6.45, 7) is 3.26. The lowest BCUT2D eigenvalue weighted by Gasteiger charge is -2.14. The molecule has 0 aromatic rings. The van der Waals surface area contributed by atoms with Crippen molar-refractivity contribution in [1.82, 2.24) is 5.32 Å². The van der Waals surface area contributed by atoms with E-state index in [1.165, 1.54) is 7.11 Å². The normalized spacial score (nSPS) is 12.6. The average molecular weight is 175 g/mol. The van der Waals surface area contributed by atoms with Crippen molar-refractivity contribution in [3.63, 3.8) is 0 Å². The van der Waals surface area contributed by atoms with Gasteiger partial charge in [0, 0.05) is 13.7 Å². The zero-order valence-corrected chi connectivity index (χ0v) is 7.92. The van der Waals surface area contributed by atoms with E-state index in [-0.39, 0.29) is 12.0 Å². The maximum absolute atomic E-state index is 11.1. The van der Waals surface area contributed by atoms with Crippen LogP contribution in [-0.2, 0) is 14.3 Å². The first kappa shape index (κ1) is 11.4. The Kier molecular flexibility index (Phi) is 6.70. The second-order valence-corrected chi connectivity index (χ2v) is 2.41. The maximum Gasteiger partial charge on any atom is 0.322 e. The van der Waals surface area contributed by atoms with E-state index < -0.39 is 0 Å². The van der Waals surface area contributed by atoms with Crippen molar-refractivity contribution in [3.05, 3.63) is 0 Å². The van der Waals surface area contributed by atoms with Crippen LogP contribution in [0, 0.1) is 0 Å². The quantitative estimate of drug-likeness (QED) is 0.585. The van der Waals surface area contributed by atoms with Gasteiger partial charge in [0.25, 0.3) is 0 Å². The molecule has 0 fully saturated rings. The summed E-state index contributed by atoms with van der Waals surface area (Å²) in [7, 11) is 3.00. The lowest BCUT2D eigenvalue weighted by molar-refractivity contribution is -0.143. The SMILES string of the molecule is CCNC(CCOC)C(=O)OC. The molecule has 0 saturated heterocycles. The Morgan fingerprint density at radius 3 is 2.58 bits per heavy atom. The number of nitrogens with one attached hydrogen (secondary N) is 1. The van der Waals surface area contributed by atoms with E-state index in [2.05, 4.69) is 10.1 Å². The summed E-state index contributed by atoms with van der Waals surface area (Å²) in [5.74, 6) is -0.228. The molecule has 4 heteroatoms. The molecule has 0 saturated carbocycles. The van der Waals surface area contributed by atoms with Gasteiger partial charge < -0.3 is 14.8 Å². The zero-order valence-electron chi connectivity index (χ0n) is 7.92. The van der Waals surface area contributed by atoms with Crippen LogP contribution in [0.25, 0.3) is 0 Å². The molecule has 0 aliphatic heterocycles. The molecule has 0 rings (SSSR count). The smallest absolute Gasteiger partial charge is 0.322 e. The summed E-state index contributed by atoms with van der Waals surface area (Å²) >= 11 is 0. The number of likely N-dealkylation sites (N-methyl/N-ethyl adjacent to an activating group) is 1. The molecule has 1 atom stereocenters. The minimum atomic E-state index is -0.236. The highest BCUT2D eigenvalue weighted by Gasteiger charge is 2.16. The largest absolute Gasteiger partial charge is 0.468 e. The van der Waals surface area contributed by atoms with Crippen LogP contribution in [0.5, 0.6) is 0 Å². The number of carbonyl (C=O) groups excluding carboxylic acids is 1. The number of carbonyl (C=O) groups is 1. The third kappa shape index (κ3) is 4.31. The second-order valence-electron chi connectivity index (χ2n) is 2.41. The molecule has 0 radical (unpaired) electrons. The number of esters is 1. The fraction of sp³-hybridized carbons (Fsp3) is 0.875. The molecular formula is C8H17NO3. The highest BCUT2D eigenvalue weighted by Crippen LogP contribution is 1.94. The van der Waals surface area contributed by atoms with Crippen LogP contribution in [0.3, 0.4) is 0 Å². The molecule has 0 heterocycles. The van der Waals surface area contributed by atoms with E-state index in [4.69, 9.17) is 4.74 Å². The average Bonchev–Trinajstić information content (AvgIpc) is 2.11. The van der Waals surface area contributed by atoms with Crippen LogP contribution in [0.1, 0.15) is 13.3 Å². The topological polar surface area (TPSA) is 47.6 Å². The van der Waals surface area contributed by atoms with Crippen LogP contribution in [0.2, 0.25) is 0 Å². The molecule has 0 aliphatic carbocycles. The molecule has 12 heavy (non-hydrogen) atoms. The highest BCUT2D eigenvalue weighted by molar-refractivity contribution is 5.75. The molecule has 0 spiro atoms. The lowest BCUT2D eigenvalue weighted by Crippen LogP contribution is -2.38. The van der Waals surface area contributed by atoms with Crippen molar-refractivity contribution in [3.8, 4) is 0 Å². The third-order valence-corrected chi connectivity index (χ3v) is 1.55. The summed E-state index contributed by atoms with van der Waals surface area (Å²) in [5.41, 5.74) is 0. The van der Waals surface area contributed by atoms with E-state index in [1.807, 2.05) is 6.92 Å². The number of hydrogen-bond acceptors (Lipinski definition) is 4.